The Morgan fingerprint density at radius 2 is 1.89 bits per heavy atom. The van der Waals surface area contributed by atoms with Gasteiger partial charge in [-0.25, -0.2) is 17.6 Å². The first-order chi connectivity index (χ1) is 8.59. The zero-order chi connectivity index (χ0) is 15.0. The molecule has 0 fully saturated rings. The predicted molar refractivity (Wildman–Crippen MR) is 63.9 cm³/mol. The van der Waals surface area contributed by atoms with Crippen LogP contribution in [-0.4, -0.2) is 30.7 Å². The highest BCUT2D eigenvalue weighted by Gasteiger charge is 2.30. The molecule has 0 heterocycles. The van der Waals surface area contributed by atoms with Gasteiger partial charge < -0.3 is 10.8 Å². The van der Waals surface area contributed by atoms with Gasteiger partial charge in [0.25, 0.3) is 0 Å². The van der Waals surface area contributed by atoms with Gasteiger partial charge in [0.15, 0.2) is 9.84 Å². The van der Waals surface area contributed by atoms with E-state index in [1.807, 2.05) is 0 Å². The highest BCUT2D eigenvalue weighted by atomic mass is 32.2. The number of carboxylic acid groups (broad SMARTS) is 1. The summed E-state index contributed by atoms with van der Waals surface area (Å²) in [6.07, 6.45) is 0. The monoisotopic (exact) mass is 289 g/mol. The van der Waals surface area contributed by atoms with Crippen LogP contribution in [0.4, 0.5) is 4.39 Å². The SMILES string of the molecule is Cc1cc(S(=O)(=O)C(C)C(N)=O)cc(C(=O)O)c1F. The first-order valence-electron chi connectivity index (χ1n) is 5.15. The van der Waals surface area contributed by atoms with Gasteiger partial charge in [-0.1, -0.05) is 0 Å². The molecule has 3 N–H and O–H groups in total. The van der Waals surface area contributed by atoms with Crippen molar-refractivity contribution in [2.45, 2.75) is 24.0 Å². The number of sulfone groups is 1. The summed E-state index contributed by atoms with van der Waals surface area (Å²) in [5, 5.41) is 7.27. The highest BCUT2D eigenvalue weighted by Crippen LogP contribution is 2.22. The minimum Gasteiger partial charge on any atom is -0.478 e. The number of amides is 1. The van der Waals surface area contributed by atoms with Crippen molar-refractivity contribution in [3.05, 3.63) is 29.1 Å². The van der Waals surface area contributed by atoms with Gasteiger partial charge in [0.2, 0.25) is 5.91 Å². The van der Waals surface area contributed by atoms with E-state index in [0.29, 0.717) is 6.07 Å². The van der Waals surface area contributed by atoms with Crippen LogP contribution < -0.4 is 5.73 Å². The Kier molecular flexibility index (Phi) is 3.94. The van der Waals surface area contributed by atoms with Crippen molar-refractivity contribution in [3.8, 4) is 0 Å². The quantitative estimate of drug-likeness (QED) is 0.782. The maximum atomic E-state index is 13.5. The summed E-state index contributed by atoms with van der Waals surface area (Å²) in [5.74, 6) is -3.68. The van der Waals surface area contributed by atoms with Crippen LogP contribution >= 0.6 is 0 Å². The molecule has 1 rings (SSSR count). The number of aromatic carboxylic acids is 1. The molecule has 0 aromatic heterocycles. The van der Waals surface area contributed by atoms with E-state index < -0.39 is 43.2 Å². The Bertz CT molecular complexity index is 653. The summed E-state index contributed by atoms with van der Waals surface area (Å²) in [6, 6.07) is 1.65. The molecule has 1 atom stereocenters. The van der Waals surface area contributed by atoms with Crippen LogP contribution in [0.5, 0.6) is 0 Å². The summed E-state index contributed by atoms with van der Waals surface area (Å²) >= 11 is 0. The van der Waals surface area contributed by atoms with E-state index in [2.05, 4.69) is 0 Å². The van der Waals surface area contributed by atoms with E-state index in [0.717, 1.165) is 13.0 Å². The number of primary amides is 1. The Hall–Kier alpha value is -1.96. The molecule has 6 nitrogen and oxygen atoms in total. The second-order valence-electron chi connectivity index (χ2n) is 4.00. The van der Waals surface area contributed by atoms with Gasteiger partial charge in [0.1, 0.15) is 11.1 Å². The third kappa shape index (κ3) is 2.73. The van der Waals surface area contributed by atoms with Crippen LogP contribution in [-0.2, 0) is 14.6 Å². The fraction of sp³-hybridized carbons (Fsp3) is 0.273. The van der Waals surface area contributed by atoms with Gasteiger partial charge in [-0.05, 0) is 31.5 Å². The average molecular weight is 289 g/mol. The van der Waals surface area contributed by atoms with Gasteiger partial charge in [0, 0.05) is 0 Å². The number of benzene rings is 1. The minimum absolute atomic E-state index is 0.143. The zero-order valence-electron chi connectivity index (χ0n) is 10.2. The van der Waals surface area contributed by atoms with Crippen LogP contribution in [0.1, 0.15) is 22.8 Å². The second-order valence-corrected chi connectivity index (χ2v) is 6.27. The molecule has 0 aliphatic heterocycles. The number of rotatable bonds is 4. The van der Waals surface area contributed by atoms with Crippen LogP contribution in [0, 0.1) is 12.7 Å². The molecule has 0 aliphatic carbocycles. The lowest BCUT2D eigenvalue weighted by Crippen LogP contribution is -2.33. The standard InChI is InChI=1S/C11H12FNO5S/c1-5-3-7(4-8(9(5)12)11(15)16)19(17,18)6(2)10(13)14/h3-4,6H,1-2H3,(H2,13,14)(H,15,16). The molecule has 1 unspecified atom stereocenters. The molecule has 0 spiro atoms. The topological polar surface area (TPSA) is 115 Å². The lowest BCUT2D eigenvalue weighted by molar-refractivity contribution is -0.117. The van der Waals surface area contributed by atoms with Crippen LogP contribution in [0.15, 0.2) is 17.0 Å². The number of carbonyl (C=O) groups is 2. The molecule has 8 heteroatoms. The van der Waals surface area contributed by atoms with Gasteiger partial charge in [-0.2, -0.15) is 0 Å². The van der Waals surface area contributed by atoms with Crippen molar-refractivity contribution < 1.29 is 27.5 Å². The molecule has 0 saturated carbocycles. The van der Waals surface area contributed by atoms with Crippen molar-refractivity contribution in [1.29, 1.82) is 0 Å². The zero-order valence-corrected chi connectivity index (χ0v) is 11.0. The molecule has 0 radical (unpaired) electrons. The fourth-order valence-corrected chi connectivity index (χ4v) is 2.75. The summed E-state index contributed by atoms with van der Waals surface area (Å²) in [4.78, 5) is 21.3. The number of halogens is 1. The van der Waals surface area contributed by atoms with Crippen molar-refractivity contribution in [2.24, 2.45) is 5.73 Å². The molecule has 0 aliphatic rings. The fourth-order valence-electron chi connectivity index (χ4n) is 1.41. The maximum Gasteiger partial charge on any atom is 0.338 e. The Labute approximate surface area is 109 Å². The number of hydrogen-bond acceptors (Lipinski definition) is 4. The van der Waals surface area contributed by atoms with Gasteiger partial charge >= 0.3 is 5.97 Å². The highest BCUT2D eigenvalue weighted by molar-refractivity contribution is 7.92. The molecule has 1 amide bonds. The van der Waals surface area contributed by atoms with E-state index in [9.17, 15) is 22.4 Å². The lowest BCUT2D eigenvalue weighted by atomic mass is 10.1. The minimum atomic E-state index is -4.14. The predicted octanol–water partition coefficient (Wildman–Crippen LogP) is 0.480. The van der Waals surface area contributed by atoms with Gasteiger partial charge in [-0.3, -0.25) is 4.79 Å². The van der Waals surface area contributed by atoms with E-state index in [-0.39, 0.29) is 5.56 Å². The average Bonchev–Trinajstić information content (AvgIpc) is 2.30. The molecule has 1 aromatic carbocycles. The van der Waals surface area contributed by atoms with Crippen LogP contribution in [0.2, 0.25) is 0 Å². The molecule has 19 heavy (non-hydrogen) atoms. The van der Waals surface area contributed by atoms with Crippen LogP contribution in [0.25, 0.3) is 0 Å². The summed E-state index contributed by atoms with van der Waals surface area (Å²) in [5.41, 5.74) is 4.01. The van der Waals surface area contributed by atoms with Gasteiger partial charge in [-0.15, -0.1) is 0 Å². The second kappa shape index (κ2) is 4.96. The van der Waals surface area contributed by atoms with Gasteiger partial charge in [0.05, 0.1) is 10.5 Å². The number of carboxylic acids is 1. The van der Waals surface area contributed by atoms with Crippen molar-refractivity contribution >= 4 is 21.7 Å². The molecular formula is C11H12FNO5S. The Morgan fingerprint density at radius 3 is 2.32 bits per heavy atom. The third-order valence-corrected chi connectivity index (χ3v) is 4.71. The normalized spacial score (nSPS) is 13.0. The molecule has 0 bridgehead atoms. The Balaban J connectivity index is 3.54. The maximum absolute atomic E-state index is 13.5. The lowest BCUT2D eigenvalue weighted by Gasteiger charge is -2.11. The third-order valence-electron chi connectivity index (χ3n) is 2.65. The van der Waals surface area contributed by atoms with Crippen molar-refractivity contribution in [2.75, 3.05) is 0 Å². The summed E-state index contributed by atoms with van der Waals surface area (Å²) < 4.78 is 37.5. The van der Waals surface area contributed by atoms with E-state index in [4.69, 9.17) is 10.8 Å². The molecule has 1 aromatic rings. The Morgan fingerprint density at radius 1 is 1.37 bits per heavy atom. The number of hydrogen-bond donors (Lipinski definition) is 2. The smallest absolute Gasteiger partial charge is 0.338 e. The van der Waals surface area contributed by atoms with E-state index in [1.54, 1.807) is 0 Å². The van der Waals surface area contributed by atoms with Crippen molar-refractivity contribution in [1.82, 2.24) is 0 Å². The number of carbonyl (C=O) groups excluding carboxylic acids is 1. The van der Waals surface area contributed by atoms with E-state index >= 15 is 0 Å². The van der Waals surface area contributed by atoms with E-state index in [1.165, 1.54) is 6.92 Å². The molecule has 0 saturated heterocycles. The van der Waals surface area contributed by atoms with Crippen molar-refractivity contribution in [3.63, 3.8) is 0 Å². The molecular weight excluding hydrogens is 277 g/mol. The first-order valence-corrected chi connectivity index (χ1v) is 6.70. The molecule has 104 valence electrons. The number of nitrogens with two attached hydrogens (primary N) is 1. The number of aryl methyl sites for hydroxylation is 1. The largest absolute Gasteiger partial charge is 0.478 e. The van der Waals surface area contributed by atoms with Crippen LogP contribution in [0.3, 0.4) is 0 Å². The summed E-state index contributed by atoms with van der Waals surface area (Å²) in [7, 11) is -4.14. The summed E-state index contributed by atoms with van der Waals surface area (Å²) in [6.45, 7) is 2.31. The first kappa shape index (κ1) is 15.1.